The van der Waals surface area contributed by atoms with Crippen LogP contribution < -0.4 is 5.32 Å². The molecule has 1 atom stereocenters. The monoisotopic (exact) mass is 319 g/mol. The first-order valence-corrected chi connectivity index (χ1v) is 8.52. The second-order valence-corrected chi connectivity index (χ2v) is 6.81. The lowest BCUT2D eigenvalue weighted by atomic mass is 9.85. The quantitative estimate of drug-likeness (QED) is 0.642. The minimum atomic E-state index is -0.515. The molecule has 6 nitrogen and oxygen atoms in total. The van der Waals surface area contributed by atoms with Crippen LogP contribution in [0.4, 0.5) is 0 Å². The molecule has 23 heavy (non-hydrogen) atoms. The molecule has 126 valence electrons. The Hall–Kier alpha value is -1.85. The highest BCUT2D eigenvalue weighted by molar-refractivity contribution is 5.87. The summed E-state index contributed by atoms with van der Waals surface area (Å²) >= 11 is 0. The van der Waals surface area contributed by atoms with Gasteiger partial charge in [0, 0.05) is 12.2 Å². The molecule has 1 aliphatic heterocycles. The SMILES string of the molecule is Cc1n[nH]c(C)c1CCCNC(=O)C1CC(=O)OC12CCCC2. The third kappa shape index (κ3) is 3.12. The van der Waals surface area contributed by atoms with E-state index < -0.39 is 5.60 Å². The van der Waals surface area contributed by atoms with E-state index in [9.17, 15) is 9.59 Å². The van der Waals surface area contributed by atoms with E-state index >= 15 is 0 Å². The average molecular weight is 319 g/mol. The van der Waals surface area contributed by atoms with Crippen LogP contribution in [0.3, 0.4) is 0 Å². The fraction of sp³-hybridized carbons (Fsp3) is 0.706. The summed E-state index contributed by atoms with van der Waals surface area (Å²) in [7, 11) is 0. The minimum Gasteiger partial charge on any atom is -0.458 e. The number of hydrogen-bond acceptors (Lipinski definition) is 4. The van der Waals surface area contributed by atoms with Gasteiger partial charge in [-0.2, -0.15) is 5.10 Å². The normalized spacial score (nSPS) is 22.5. The van der Waals surface area contributed by atoms with Crippen LogP contribution in [0.25, 0.3) is 0 Å². The first-order valence-electron chi connectivity index (χ1n) is 8.52. The lowest BCUT2D eigenvalue weighted by Gasteiger charge is -2.27. The van der Waals surface area contributed by atoms with E-state index in [1.54, 1.807) is 0 Å². The Bertz CT molecular complexity index is 583. The Morgan fingerprint density at radius 1 is 1.39 bits per heavy atom. The maximum Gasteiger partial charge on any atom is 0.307 e. The molecule has 1 saturated heterocycles. The van der Waals surface area contributed by atoms with E-state index in [0.717, 1.165) is 49.9 Å². The highest BCUT2D eigenvalue weighted by atomic mass is 16.6. The topological polar surface area (TPSA) is 84.1 Å². The van der Waals surface area contributed by atoms with E-state index in [0.29, 0.717) is 6.54 Å². The molecule has 1 spiro atoms. The molecule has 1 unspecified atom stereocenters. The molecule has 1 saturated carbocycles. The largest absolute Gasteiger partial charge is 0.458 e. The first kappa shape index (κ1) is 16.0. The highest BCUT2D eigenvalue weighted by Gasteiger charge is 2.53. The van der Waals surface area contributed by atoms with Crippen molar-refractivity contribution in [3.05, 3.63) is 17.0 Å². The number of nitrogens with one attached hydrogen (secondary N) is 2. The highest BCUT2D eigenvalue weighted by Crippen LogP contribution is 2.45. The maximum absolute atomic E-state index is 12.5. The Balaban J connectivity index is 1.50. The number of hydrogen-bond donors (Lipinski definition) is 2. The van der Waals surface area contributed by atoms with Crippen LogP contribution in [0.15, 0.2) is 0 Å². The summed E-state index contributed by atoms with van der Waals surface area (Å²) in [4.78, 5) is 24.2. The Morgan fingerprint density at radius 2 is 2.13 bits per heavy atom. The second kappa shape index (κ2) is 6.34. The van der Waals surface area contributed by atoms with Crippen molar-refractivity contribution in [1.82, 2.24) is 15.5 Å². The van der Waals surface area contributed by atoms with Gasteiger partial charge in [-0.05, 0) is 57.9 Å². The molecule has 2 fully saturated rings. The van der Waals surface area contributed by atoms with Crippen molar-refractivity contribution in [3.63, 3.8) is 0 Å². The molecule has 1 amide bonds. The van der Waals surface area contributed by atoms with Crippen LogP contribution in [0.1, 0.15) is 55.5 Å². The number of aromatic amines is 1. The van der Waals surface area contributed by atoms with Crippen LogP contribution >= 0.6 is 0 Å². The molecule has 2 N–H and O–H groups in total. The third-order valence-corrected chi connectivity index (χ3v) is 5.27. The van der Waals surface area contributed by atoms with Crippen LogP contribution in [-0.4, -0.2) is 34.2 Å². The first-order chi connectivity index (χ1) is 11.0. The molecule has 6 heteroatoms. The van der Waals surface area contributed by atoms with Gasteiger partial charge >= 0.3 is 5.97 Å². The summed E-state index contributed by atoms with van der Waals surface area (Å²) in [5, 5.41) is 10.2. The fourth-order valence-corrected chi connectivity index (χ4v) is 3.99. The van der Waals surface area contributed by atoms with Gasteiger partial charge in [-0.1, -0.05) is 0 Å². The summed E-state index contributed by atoms with van der Waals surface area (Å²) in [6.07, 6.45) is 5.70. The van der Waals surface area contributed by atoms with Crippen molar-refractivity contribution in [2.24, 2.45) is 5.92 Å². The zero-order valence-electron chi connectivity index (χ0n) is 13.9. The number of carbonyl (C=O) groups excluding carboxylic acids is 2. The van der Waals surface area contributed by atoms with Gasteiger partial charge < -0.3 is 10.1 Å². The number of amides is 1. The number of H-pyrrole nitrogens is 1. The van der Waals surface area contributed by atoms with Gasteiger partial charge in [0.2, 0.25) is 5.91 Å². The molecular formula is C17H25N3O3. The molecule has 0 bridgehead atoms. The standard InChI is InChI=1S/C17H25N3O3/c1-11-13(12(2)20-19-11)6-5-9-18-16(22)14-10-15(21)23-17(14)7-3-4-8-17/h14H,3-10H2,1-2H3,(H,18,22)(H,19,20). The van der Waals surface area contributed by atoms with E-state index in [1.807, 2.05) is 13.8 Å². The van der Waals surface area contributed by atoms with Gasteiger partial charge in [0.1, 0.15) is 5.60 Å². The van der Waals surface area contributed by atoms with Crippen LogP contribution in [0.5, 0.6) is 0 Å². The van der Waals surface area contributed by atoms with Gasteiger partial charge in [0.05, 0.1) is 18.0 Å². The van der Waals surface area contributed by atoms with Crippen molar-refractivity contribution in [1.29, 1.82) is 0 Å². The lowest BCUT2D eigenvalue weighted by molar-refractivity contribution is -0.149. The number of carbonyl (C=O) groups is 2. The number of aromatic nitrogens is 2. The van der Waals surface area contributed by atoms with Gasteiger partial charge in [0.25, 0.3) is 0 Å². The predicted octanol–water partition coefficient (Wildman–Crippen LogP) is 1.95. The number of aryl methyl sites for hydroxylation is 2. The molecule has 2 aliphatic rings. The van der Waals surface area contributed by atoms with Crippen LogP contribution in [-0.2, 0) is 20.7 Å². The molecule has 3 rings (SSSR count). The number of esters is 1. The Kier molecular flexibility index (Phi) is 4.41. The molecule has 1 aromatic rings. The van der Waals surface area contributed by atoms with E-state index in [4.69, 9.17) is 4.74 Å². The van der Waals surface area contributed by atoms with Gasteiger partial charge in [0.15, 0.2) is 0 Å². The summed E-state index contributed by atoms with van der Waals surface area (Å²) in [5.41, 5.74) is 2.83. The Morgan fingerprint density at radius 3 is 2.78 bits per heavy atom. The van der Waals surface area contributed by atoms with Gasteiger partial charge in [-0.15, -0.1) is 0 Å². The summed E-state index contributed by atoms with van der Waals surface area (Å²) in [6, 6.07) is 0. The van der Waals surface area contributed by atoms with E-state index in [-0.39, 0.29) is 24.2 Å². The summed E-state index contributed by atoms with van der Waals surface area (Å²) < 4.78 is 5.53. The number of rotatable bonds is 5. The van der Waals surface area contributed by atoms with Crippen LogP contribution in [0.2, 0.25) is 0 Å². The molecular weight excluding hydrogens is 294 g/mol. The van der Waals surface area contributed by atoms with Crippen molar-refractivity contribution in [2.75, 3.05) is 6.54 Å². The average Bonchev–Trinajstić information content (AvgIpc) is 3.19. The molecule has 1 aromatic heterocycles. The fourth-order valence-electron chi connectivity index (χ4n) is 3.99. The molecule has 0 radical (unpaired) electrons. The maximum atomic E-state index is 12.5. The zero-order valence-corrected chi connectivity index (χ0v) is 13.9. The summed E-state index contributed by atoms with van der Waals surface area (Å²) in [6.45, 7) is 4.62. The van der Waals surface area contributed by atoms with Crippen molar-refractivity contribution in [2.45, 2.75) is 64.4 Å². The van der Waals surface area contributed by atoms with Crippen molar-refractivity contribution in [3.8, 4) is 0 Å². The summed E-state index contributed by atoms with van der Waals surface area (Å²) in [5.74, 6) is -0.565. The predicted molar refractivity (Wildman–Crippen MR) is 84.8 cm³/mol. The smallest absolute Gasteiger partial charge is 0.307 e. The number of ether oxygens (including phenoxy) is 1. The number of nitrogens with zero attached hydrogens (tertiary/aromatic N) is 1. The van der Waals surface area contributed by atoms with Gasteiger partial charge in [-0.25, -0.2) is 0 Å². The van der Waals surface area contributed by atoms with E-state index in [1.165, 1.54) is 5.56 Å². The molecule has 0 aromatic carbocycles. The van der Waals surface area contributed by atoms with E-state index in [2.05, 4.69) is 15.5 Å². The van der Waals surface area contributed by atoms with Crippen molar-refractivity contribution >= 4 is 11.9 Å². The molecule has 2 heterocycles. The third-order valence-electron chi connectivity index (χ3n) is 5.27. The molecule has 1 aliphatic carbocycles. The lowest BCUT2D eigenvalue weighted by Crippen LogP contribution is -2.43. The second-order valence-electron chi connectivity index (χ2n) is 6.81. The van der Waals surface area contributed by atoms with Gasteiger partial charge in [-0.3, -0.25) is 14.7 Å². The van der Waals surface area contributed by atoms with Crippen LogP contribution in [0, 0.1) is 19.8 Å². The Labute approximate surface area is 136 Å². The van der Waals surface area contributed by atoms with Crippen molar-refractivity contribution < 1.29 is 14.3 Å². The minimum absolute atomic E-state index is 0.0293. The zero-order chi connectivity index (χ0) is 16.4.